The van der Waals surface area contributed by atoms with Crippen LogP contribution in [0.1, 0.15) is 121 Å². The summed E-state index contributed by atoms with van der Waals surface area (Å²) in [6.07, 6.45) is 6.70. The van der Waals surface area contributed by atoms with Crippen LogP contribution < -0.4 is 21.3 Å². The van der Waals surface area contributed by atoms with Crippen molar-refractivity contribution >= 4 is 20.4 Å². The van der Waals surface area contributed by atoms with E-state index in [0.717, 1.165) is 74.5 Å². The van der Waals surface area contributed by atoms with Crippen LogP contribution in [0.5, 0.6) is 5.75 Å². The number of hydrogen-bond acceptors (Lipinski definition) is 13. The molecule has 380 valence electrons. The SMILES string of the molecule is COC(=O)CCCCCCCCCCCNC(=O)COC1C(OP(OCCC#N)N(C(C)C)C(C)C)[C@@H](COC(c2ccccc2)(c2ccccc2)c2ccc(OC)cc2)O[C@H]1n1ccc(=O)[nH]c1=O. The number of ether oxygens (including phenoxy) is 5. The molecular weight excluding hydrogens is 914 g/mol. The minimum Gasteiger partial charge on any atom is -0.497 e. The Balaban J connectivity index is 1.44. The van der Waals surface area contributed by atoms with Crippen LogP contribution in [-0.2, 0) is 43.2 Å². The summed E-state index contributed by atoms with van der Waals surface area (Å²) in [7, 11) is 1.11. The summed E-state index contributed by atoms with van der Waals surface area (Å²) in [5.74, 6) is 0.149. The van der Waals surface area contributed by atoms with Crippen molar-refractivity contribution in [2.75, 3.05) is 40.6 Å². The zero-order valence-corrected chi connectivity index (χ0v) is 42.5. The number of aromatic nitrogens is 2. The molecule has 1 aromatic heterocycles. The lowest BCUT2D eigenvalue weighted by Crippen LogP contribution is -2.44. The van der Waals surface area contributed by atoms with E-state index in [1.165, 1.54) is 23.9 Å². The molecule has 3 unspecified atom stereocenters. The van der Waals surface area contributed by atoms with Crippen LogP contribution in [0.15, 0.2) is 107 Å². The van der Waals surface area contributed by atoms with E-state index in [0.29, 0.717) is 18.7 Å². The fourth-order valence-electron chi connectivity index (χ4n) is 8.71. The highest BCUT2D eigenvalue weighted by Gasteiger charge is 2.52. The Kier molecular flexibility index (Phi) is 23.2. The molecule has 17 heteroatoms. The number of unbranched alkanes of at least 4 members (excludes halogenated alkanes) is 8. The molecule has 16 nitrogen and oxygen atoms in total. The molecule has 0 radical (unpaired) electrons. The highest BCUT2D eigenvalue weighted by molar-refractivity contribution is 7.44. The van der Waals surface area contributed by atoms with Crippen molar-refractivity contribution in [3.8, 4) is 11.8 Å². The van der Waals surface area contributed by atoms with Gasteiger partial charge in [0.2, 0.25) is 5.91 Å². The second-order valence-electron chi connectivity index (χ2n) is 17.8. The van der Waals surface area contributed by atoms with Gasteiger partial charge in [0, 0.05) is 37.3 Å². The number of amides is 1. The number of benzene rings is 3. The molecule has 5 rings (SSSR count). The van der Waals surface area contributed by atoms with Crippen LogP contribution >= 0.6 is 8.53 Å². The standard InChI is InChI=1S/C53H72N5O11P/c1-39(2)58(40(3)4)70(67-36-22-33-54)69-49-45(37-66-53(41-23-16-14-17-24-41,42-25-18-15-19-26-42)43-28-30-44(63-5)31-29-43)68-51(57-35-32-46(59)56-52(57)62)50(49)65-38-47(60)55-34-21-13-11-9-7-8-10-12-20-27-48(61)64-6/h14-19,23-26,28-32,35,39-40,45,49-51H,7-13,20-22,27,34,36-38H2,1-6H3,(H,55,60)(H,56,59,62)/t45-,49?,50?,51-,70?/m1/s1. The Morgan fingerprint density at radius 3 is 1.96 bits per heavy atom. The molecule has 4 aromatic rings. The lowest BCUT2D eigenvalue weighted by Gasteiger charge is -2.39. The maximum atomic E-state index is 13.6. The Morgan fingerprint density at radius 1 is 0.814 bits per heavy atom. The first kappa shape index (κ1) is 55.7. The van der Waals surface area contributed by atoms with Gasteiger partial charge in [-0.25, -0.2) is 9.46 Å². The van der Waals surface area contributed by atoms with Crippen molar-refractivity contribution in [1.82, 2.24) is 19.5 Å². The van der Waals surface area contributed by atoms with Crippen molar-refractivity contribution in [2.24, 2.45) is 0 Å². The highest BCUT2D eigenvalue weighted by atomic mass is 31.2. The summed E-state index contributed by atoms with van der Waals surface area (Å²) in [4.78, 5) is 53.2. The van der Waals surface area contributed by atoms with Gasteiger partial charge >= 0.3 is 11.7 Å². The number of carbonyl (C=O) groups excluding carboxylic acids is 2. The molecule has 1 aliphatic rings. The van der Waals surface area contributed by atoms with E-state index in [4.69, 9.17) is 32.7 Å². The molecule has 1 saturated heterocycles. The number of rotatable bonds is 31. The van der Waals surface area contributed by atoms with E-state index >= 15 is 0 Å². The molecule has 0 spiro atoms. The molecular formula is C53H72N5O11P. The second-order valence-corrected chi connectivity index (χ2v) is 19.2. The normalized spacial score (nSPS) is 17.4. The molecule has 2 heterocycles. The van der Waals surface area contributed by atoms with Crippen molar-refractivity contribution in [2.45, 2.75) is 141 Å². The number of nitriles is 1. The number of carbonyl (C=O) groups is 2. The van der Waals surface area contributed by atoms with Gasteiger partial charge in [-0.1, -0.05) is 118 Å². The Bertz CT molecular complexity index is 2280. The number of esters is 1. The highest BCUT2D eigenvalue weighted by Crippen LogP contribution is 2.51. The molecule has 0 aliphatic carbocycles. The average molecular weight is 986 g/mol. The van der Waals surface area contributed by atoms with E-state index in [-0.39, 0.29) is 50.2 Å². The Labute approximate surface area is 413 Å². The van der Waals surface area contributed by atoms with Crippen LogP contribution in [0.3, 0.4) is 0 Å². The maximum Gasteiger partial charge on any atom is 0.330 e. The molecule has 1 fully saturated rings. The fraction of sp³-hybridized carbons (Fsp3) is 0.528. The summed E-state index contributed by atoms with van der Waals surface area (Å²) in [5.41, 5.74) is -0.0854. The first-order chi connectivity index (χ1) is 33.9. The number of nitrogens with zero attached hydrogens (tertiary/aromatic N) is 3. The summed E-state index contributed by atoms with van der Waals surface area (Å²) < 4.78 is 47.8. The monoisotopic (exact) mass is 985 g/mol. The van der Waals surface area contributed by atoms with Crippen LogP contribution in [-0.4, -0.2) is 97.1 Å². The average Bonchev–Trinajstić information content (AvgIpc) is 3.69. The molecule has 2 N–H and O–H groups in total. The smallest absolute Gasteiger partial charge is 0.330 e. The van der Waals surface area contributed by atoms with Gasteiger partial charge < -0.3 is 38.0 Å². The van der Waals surface area contributed by atoms with Crippen LogP contribution in [0.25, 0.3) is 0 Å². The zero-order valence-electron chi connectivity index (χ0n) is 41.6. The minimum atomic E-state index is -1.92. The fourth-order valence-corrected chi connectivity index (χ4v) is 10.5. The quantitative estimate of drug-likeness (QED) is 0.0211. The predicted molar refractivity (Wildman–Crippen MR) is 268 cm³/mol. The number of nitrogens with one attached hydrogen (secondary N) is 2. The van der Waals surface area contributed by atoms with Gasteiger partial charge in [0.25, 0.3) is 14.1 Å². The molecule has 0 bridgehead atoms. The number of aromatic amines is 1. The second kappa shape index (κ2) is 29.2. The van der Waals surface area contributed by atoms with E-state index in [2.05, 4.69) is 21.0 Å². The molecule has 1 amide bonds. The first-order valence-corrected chi connectivity index (χ1v) is 25.6. The maximum absolute atomic E-state index is 13.6. The van der Waals surface area contributed by atoms with Gasteiger partial charge in [-0.3, -0.25) is 23.9 Å². The summed E-state index contributed by atoms with van der Waals surface area (Å²) >= 11 is 0. The largest absolute Gasteiger partial charge is 0.497 e. The van der Waals surface area contributed by atoms with Gasteiger partial charge in [-0.05, 0) is 69.4 Å². The molecule has 1 aliphatic heterocycles. The van der Waals surface area contributed by atoms with Crippen molar-refractivity contribution in [1.29, 1.82) is 5.26 Å². The molecule has 3 aromatic carbocycles. The lowest BCUT2D eigenvalue weighted by atomic mass is 9.80. The van der Waals surface area contributed by atoms with E-state index in [1.54, 1.807) is 7.11 Å². The van der Waals surface area contributed by atoms with E-state index < -0.39 is 49.9 Å². The van der Waals surface area contributed by atoms with Gasteiger partial charge in [0.05, 0.1) is 39.9 Å². The van der Waals surface area contributed by atoms with E-state index in [1.807, 2.05) is 113 Å². The molecule has 70 heavy (non-hydrogen) atoms. The van der Waals surface area contributed by atoms with Crippen molar-refractivity contribution < 1.29 is 42.3 Å². The zero-order chi connectivity index (χ0) is 50.3. The van der Waals surface area contributed by atoms with Crippen molar-refractivity contribution in [3.63, 3.8) is 0 Å². The summed E-state index contributed by atoms with van der Waals surface area (Å²) in [6, 6.07) is 30.6. The van der Waals surface area contributed by atoms with Gasteiger partial charge in [-0.2, -0.15) is 5.26 Å². The first-order valence-electron chi connectivity index (χ1n) is 24.5. The topological polar surface area (TPSA) is 193 Å². The summed E-state index contributed by atoms with van der Waals surface area (Å²) in [5, 5.41) is 12.5. The molecule has 5 atom stereocenters. The number of methoxy groups -OCH3 is 2. The lowest BCUT2D eigenvalue weighted by molar-refractivity contribution is -0.140. The third-order valence-corrected chi connectivity index (χ3v) is 14.2. The van der Waals surface area contributed by atoms with E-state index in [9.17, 15) is 24.4 Å². The predicted octanol–water partition coefficient (Wildman–Crippen LogP) is 8.69. The Morgan fingerprint density at radius 2 is 1.40 bits per heavy atom. The third kappa shape index (κ3) is 15.9. The van der Waals surface area contributed by atoms with Crippen molar-refractivity contribution in [3.05, 3.63) is 135 Å². The van der Waals surface area contributed by atoms with Gasteiger partial charge in [-0.15, -0.1) is 0 Å². The number of H-pyrrole nitrogens is 1. The minimum absolute atomic E-state index is 0.0591. The van der Waals surface area contributed by atoms with Gasteiger partial charge in [0.1, 0.15) is 36.3 Å². The van der Waals surface area contributed by atoms with Crippen LogP contribution in [0, 0.1) is 11.3 Å². The third-order valence-electron chi connectivity index (χ3n) is 12.1. The Hall–Kier alpha value is -5.24. The van der Waals surface area contributed by atoms with Crippen LogP contribution in [0.2, 0.25) is 0 Å². The van der Waals surface area contributed by atoms with Crippen LogP contribution in [0.4, 0.5) is 0 Å². The summed E-state index contributed by atoms with van der Waals surface area (Å²) in [6.45, 7) is 8.14. The van der Waals surface area contributed by atoms with Gasteiger partial charge in [0.15, 0.2) is 6.23 Å². The molecule has 0 saturated carbocycles. The number of hydrogen-bond donors (Lipinski definition) is 2.